The minimum absolute atomic E-state index is 0.151. The van der Waals surface area contributed by atoms with Gasteiger partial charge in [-0.3, -0.25) is 4.79 Å². The van der Waals surface area contributed by atoms with E-state index >= 15 is 0 Å². The summed E-state index contributed by atoms with van der Waals surface area (Å²) in [4.78, 5) is 19.4. The molecule has 2 aromatic rings. The molecule has 1 fully saturated rings. The summed E-state index contributed by atoms with van der Waals surface area (Å²) in [6, 6.07) is 8.21. The summed E-state index contributed by atoms with van der Waals surface area (Å²) in [5.74, 6) is 0.710. The van der Waals surface area contributed by atoms with Crippen molar-refractivity contribution >= 4 is 16.7 Å². The summed E-state index contributed by atoms with van der Waals surface area (Å²) >= 11 is 0. The molecule has 0 spiro atoms. The molecule has 0 amide bonds. The molecular formula is C19H26N4O2. The number of rotatable bonds is 4. The minimum Gasteiger partial charge on any atom is -0.409 e. The van der Waals surface area contributed by atoms with Crippen LogP contribution in [0.15, 0.2) is 34.2 Å². The molecule has 0 bridgehead atoms. The summed E-state index contributed by atoms with van der Waals surface area (Å²) in [6.07, 6.45) is 6.76. The van der Waals surface area contributed by atoms with Crippen LogP contribution in [0.5, 0.6) is 0 Å². The van der Waals surface area contributed by atoms with Crippen molar-refractivity contribution in [1.29, 1.82) is 0 Å². The fourth-order valence-corrected chi connectivity index (χ4v) is 3.76. The lowest BCUT2D eigenvalue weighted by molar-refractivity contribution is 0.296. The Morgan fingerprint density at radius 2 is 2.00 bits per heavy atom. The Kier molecular flexibility index (Phi) is 5.36. The fraction of sp³-hybridized carbons (Fsp3) is 0.526. The molecule has 134 valence electrons. The number of aryl methyl sites for hydroxylation is 1. The summed E-state index contributed by atoms with van der Waals surface area (Å²) < 4.78 is 1.66. The van der Waals surface area contributed by atoms with Gasteiger partial charge in [0.2, 0.25) is 0 Å². The number of nitrogens with zero attached hydrogens (tertiary/aromatic N) is 4. The average molecular weight is 342 g/mol. The van der Waals surface area contributed by atoms with Gasteiger partial charge in [-0.1, -0.05) is 43.5 Å². The van der Waals surface area contributed by atoms with Crippen molar-refractivity contribution in [3.05, 3.63) is 40.1 Å². The van der Waals surface area contributed by atoms with Crippen LogP contribution in [0.1, 0.15) is 45.4 Å². The first-order valence-electron chi connectivity index (χ1n) is 9.12. The maximum atomic E-state index is 12.8. The van der Waals surface area contributed by atoms with E-state index < -0.39 is 0 Å². The molecule has 1 aromatic carbocycles. The van der Waals surface area contributed by atoms with Crippen LogP contribution < -0.4 is 15.9 Å². The molecule has 25 heavy (non-hydrogen) atoms. The van der Waals surface area contributed by atoms with Crippen molar-refractivity contribution in [1.82, 2.24) is 9.55 Å². The normalized spacial score (nSPS) is 16.3. The molecule has 1 aliphatic carbocycles. The highest BCUT2D eigenvalue weighted by molar-refractivity contribution is 5.89. The predicted molar refractivity (Wildman–Crippen MR) is 98.9 cm³/mol. The Morgan fingerprint density at radius 3 is 2.68 bits per heavy atom. The van der Waals surface area contributed by atoms with Crippen LogP contribution in [0, 0.1) is 0 Å². The van der Waals surface area contributed by atoms with Crippen LogP contribution in [0.2, 0.25) is 0 Å². The second kappa shape index (κ2) is 7.68. The van der Waals surface area contributed by atoms with Crippen LogP contribution in [0.4, 0.5) is 5.82 Å². The average Bonchev–Trinajstić information content (AvgIpc) is 2.78. The third kappa shape index (κ3) is 3.38. The molecule has 0 aliphatic heterocycles. The minimum atomic E-state index is -0.358. The Labute approximate surface area is 147 Å². The van der Waals surface area contributed by atoms with Gasteiger partial charge in [0.25, 0.3) is 11.0 Å². The summed E-state index contributed by atoms with van der Waals surface area (Å²) in [5.41, 5.74) is 0.320. The molecule has 1 saturated carbocycles. The van der Waals surface area contributed by atoms with Gasteiger partial charge in [0, 0.05) is 25.0 Å². The number of benzene rings is 1. The first-order valence-corrected chi connectivity index (χ1v) is 9.12. The number of fused-ring (bicyclic) bond motifs is 1. The van der Waals surface area contributed by atoms with Crippen molar-refractivity contribution in [2.75, 3.05) is 11.9 Å². The lowest BCUT2D eigenvalue weighted by Gasteiger charge is -2.32. The Hall–Kier alpha value is -2.37. The van der Waals surface area contributed by atoms with Crippen molar-refractivity contribution in [3.8, 4) is 0 Å². The second-order valence-electron chi connectivity index (χ2n) is 6.74. The number of hydrogen-bond acceptors (Lipinski definition) is 5. The summed E-state index contributed by atoms with van der Waals surface area (Å²) in [5, 5.41) is 13.5. The molecule has 1 N–H and O–H groups in total. The van der Waals surface area contributed by atoms with Crippen LogP contribution >= 0.6 is 0 Å². The van der Waals surface area contributed by atoms with Crippen molar-refractivity contribution in [3.63, 3.8) is 0 Å². The van der Waals surface area contributed by atoms with Crippen LogP contribution in [0.3, 0.4) is 0 Å². The summed E-state index contributed by atoms with van der Waals surface area (Å²) in [6.45, 7) is 2.58. The number of aromatic nitrogens is 2. The van der Waals surface area contributed by atoms with Crippen molar-refractivity contribution < 1.29 is 5.21 Å². The largest absolute Gasteiger partial charge is 0.409 e. The van der Waals surface area contributed by atoms with E-state index in [9.17, 15) is 10.0 Å². The van der Waals surface area contributed by atoms with E-state index in [1.54, 1.807) is 4.57 Å². The first kappa shape index (κ1) is 17.5. The quantitative estimate of drug-likeness (QED) is 0.685. The van der Waals surface area contributed by atoms with E-state index in [1.807, 2.05) is 38.2 Å². The van der Waals surface area contributed by atoms with Gasteiger partial charge in [-0.2, -0.15) is 0 Å². The van der Waals surface area contributed by atoms with Gasteiger partial charge in [-0.05, 0) is 31.4 Å². The number of hydrogen-bond donors (Lipinski definition) is 1. The molecule has 1 aromatic heterocycles. The van der Waals surface area contributed by atoms with E-state index in [0.717, 1.165) is 30.2 Å². The molecule has 1 aliphatic rings. The second-order valence-corrected chi connectivity index (χ2v) is 6.74. The third-order valence-electron chi connectivity index (χ3n) is 5.08. The zero-order valence-electron chi connectivity index (χ0n) is 15.0. The highest BCUT2D eigenvalue weighted by atomic mass is 16.4. The molecule has 0 radical (unpaired) electrons. The Balaban J connectivity index is 2.30. The maximum Gasteiger partial charge on any atom is 0.299 e. The SMILES string of the molecule is CCCn1c(=O)c(=NO)nc(N(C)C2CCCCC2)c2ccccc21. The van der Waals surface area contributed by atoms with Gasteiger partial charge < -0.3 is 14.7 Å². The van der Waals surface area contributed by atoms with E-state index in [0.29, 0.717) is 18.4 Å². The van der Waals surface area contributed by atoms with E-state index in [4.69, 9.17) is 0 Å². The molecule has 6 heteroatoms. The summed E-state index contributed by atoms with van der Waals surface area (Å²) in [7, 11) is 2.03. The molecule has 0 atom stereocenters. The van der Waals surface area contributed by atoms with E-state index in [1.165, 1.54) is 19.3 Å². The zero-order valence-corrected chi connectivity index (χ0v) is 15.0. The molecule has 1 heterocycles. The Bertz CT molecular complexity index is 869. The van der Waals surface area contributed by atoms with Crippen LogP contribution in [-0.4, -0.2) is 27.8 Å². The van der Waals surface area contributed by atoms with Crippen LogP contribution in [0.25, 0.3) is 10.9 Å². The van der Waals surface area contributed by atoms with E-state index in [-0.39, 0.29) is 11.0 Å². The lowest BCUT2D eigenvalue weighted by Crippen LogP contribution is -2.37. The first-order chi connectivity index (χ1) is 12.2. The Morgan fingerprint density at radius 1 is 1.28 bits per heavy atom. The number of para-hydroxylation sites is 1. The van der Waals surface area contributed by atoms with E-state index in [2.05, 4.69) is 15.0 Å². The fourth-order valence-electron chi connectivity index (χ4n) is 3.76. The van der Waals surface area contributed by atoms with Crippen molar-refractivity contribution in [2.45, 2.75) is 58.0 Å². The molecule has 0 saturated heterocycles. The van der Waals surface area contributed by atoms with Crippen LogP contribution in [-0.2, 0) is 6.54 Å². The lowest BCUT2D eigenvalue weighted by atomic mass is 9.94. The molecule has 3 rings (SSSR count). The third-order valence-corrected chi connectivity index (χ3v) is 5.08. The molecule has 0 unspecified atom stereocenters. The number of anilines is 1. The van der Waals surface area contributed by atoms with Gasteiger partial charge in [0.15, 0.2) is 0 Å². The monoisotopic (exact) mass is 342 g/mol. The maximum absolute atomic E-state index is 12.8. The van der Waals surface area contributed by atoms with Gasteiger partial charge in [0.1, 0.15) is 5.82 Å². The smallest absolute Gasteiger partial charge is 0.299 e. The highest BCUT2D eigenvalue weighted by Crippen LogP contribution is 2.28. The topological polar surface area (TPSA) is 70.7 Å². The highest BCUT2D eigenvalue weighted by Gasteiger charge is 2.21. The molecular weight excluding hydrogens is 316 g/mol. The van der Waals surface area contributed by atoms with Gasteiger partial charge in [0.05, 0.1) is 5.52 Å². The standard InChI is InChI=1S/C19H26N4O2/c1-3-13-23-16-12-8-7-11-15(16)18(20-17(21-25)19(23)24)22(2)14-9-5-4-6-10-14/h7-8,11-12,14,25H,3-6,9-10,13H2,1-2H3. The van der Waals surface area contributed by atoms with Gasteiger partial charge in [-0.25, -0.2) is 4.98 Å². The van der Waals surface area contributed by atoms with Gasteiger partial charge >= 0.3 is 0 Å². The van der Waals surface area contributed by atoms with Gasteiger partial charge in [-0.15, -0.1) is 0 Å². The van der Waals surface area contributed by atoms with Crippen molar-refractivity contribution in [2.24, 2.45) is 5.16 Å². The zero-order chi connectivity index (χ0) is 17.8. The molecule has 6 nitrogen and oxygen atoms in total. The predicted octanol–water partition coefficient (Wildman–Crippen LogP) is 2.87.